The van der Waals surface area contributed by atoms with E-state index in [9.17, 15) is 4.39 Å². The van der Waals surface area contributed by atoms with Gasteiger partial charge in [-0.25, -0.2) is 4.39 Å². The molecule has 0 bridgehead atoms. The van der Waals surface area contributed by atoms with Crippen LogP contribution in [0.1, 0.15) is 39.0 Å². The first-order valence-corrected chi connectivity index (χ1v) is 6.45. The zero-order chi connectivity index (χ0) is 12.3. The van der Waals surface area contributed by atoms with Gasteiger partial charge in [0.15, 0.2) is 0 Å². The van der Waals surface area contributed by atoms with Crippen molar-refractivity contribution in [3.8, 4) is 0 Å². The number of anilines is 2. The van der Waals surface area contributed by atoms with Gasteiger partial charge in [-0.15, -0.1) is 0 Å². The maximum absolute atomic E-state index is 13.3. The molecule has 0 atom stereocenters. The topological polar surface area (TPSA) is 38.0 Å². The molecule has 2 rings (SSSR count). The number of para-hydroxylation sites is 1. The second-order valence-electron chi connectivity index (χ2n) is 5.12. The van der Waals surface area contributed by atoms with E-state index in [4.69, 9.17) is 5.73 Å². The minimum atomic E-state index is -0.341. The highest BCUT2D eigenvalue weighted by Crippen LogP contribution is 2.41. The Morgan fingerprint density at radius 2 is 2.06 bits per heavy atom. The maximum Gasteiger partial charge on any atom is 0.148 e. The lowest BCUT2D eigenvalue weighted by Gasteiger charge is -2.28. The van der Waals surface area contributed by atoms with Crippen LogP contribution in [-0.2, 0) is 0 Å². The van der Waals surface area contributed by atoms with Crippen molar-refractivity contribution in [2.75, 3.05) is 17.6 Å². The number of hydrogen-bond donors (Lipinski definition) is 2. The third kappa shape index (κ3) is 2.54. The lowest BCUT2D eigenvalue weighted by Crippen LogP contribution is -2.26. The Hall–Kier alpha value is -1.25. The van der Waals surface area contributed by atoms with Gasteiger partial charge >= 0.3 is 0 Å². The quantitative estimate of drug-likeness (QED) is 0.780. The van der Waals surface area contributed by atoms with Crippen LogP contribution in [0.15, 0.2) is 18.2 Å². The molecule has 0 radical (unpaired) electrons. The fourth-order valence-electron chi connectivity index (χ4n) is 2.75. The zero-order valence-electron chi connectivity index (χ0n) is 10.4. The summed E-state index contributed by atoms with van der Waals surface area (Å²) in [5.74, 6) is -0.341. The molecule has 1 aliphatic carbocycles. The summed E-state index contributed by atoms with van der Waals surface area (Å²) in [6.07, 6.45) is 6.34. The molecule has 0 aliphatic heterocycles. The number of nitrogens with one attached hydrogen (secondary N) is 1. The summed E-state index contributed by atoms with van der Waals surface area (Å²) in [4.78, 5) is 0. The molecule has 1 aliphatic rings. The molecule has 0 heterocycles. The van der Waals surface area contributed by atoms with E-state index < -0.39 is 0 Å². The van der Waals surface area contributed by atoms with Crippen LogP contribution in [0.25, 0.3) is 0 Å². The molecular formula is C14H21FN2. The molecule has 2 nitrogen and oxygen atoms in total. The molecule has 0 amide bonds. The van der Waals surface area contributed by atoms with E-state index in [1.807, 2.05) is 6.07 Å². The summed E-state index contributed by atoms with van der Waals surface area (Å²) in [5, 5.41) is 3.32. The van der Waals surface area contributed by atoms with Crippen LogP contribution < -0.4 is 11.1 Å². The maximum atomic E-state index is 13.3. The highest BCUT2D eigenvalue weighted by Gasteiger charge is 2.31. The first kappa shape index (κ1) is 12.2. The Morgan fingerprint density at radius 1 is 1.35 bits per heavy atom. The van der Waals surface area contributed by atoms with Gasteiger partial charge in [0.25, 0.3) is 0 Å². The Bertz CT molecular complexity index is 384. The summed E-state index contributed by atoms with van der Waals surface area (Å²) in [7, 11) is 0. The highest BCUT2D eigenvalue weighted by atomic mass is 19.1. The van der Waals surface area contributed by atoms with Gasteiger partial charge in [0.2, 0.25) is 0 Å². The van der Waals surface area contributed by atoms with E-state index in [1.54, 1.807) is 6.07 Å². The first-order valence-electron chi connectivity index (χ1n) is 6.45. The second kappa shape index (κ2) is 4.94. The predicted octanol–water partition coefficient (Wildman–Crippen LogP) is 3.79. The largest absolute Gasteiger partial charge is 0.395 e. The van der Waals surface area contributed by atoms with Crippen LogP contribution in [0.3, 0.4) is 0 Å². The lowest BCUT2D eigenvalue weighted by atomic mass is 9.83. The molecule has 1 fully saturated rings. The molecule has 1 saturated carbocycles. The van der Waals surface area contributed by atoms with Crippen molar-refractivity contribution in [2.24, 2.45) is 5.41 Å². The Labute approximate surface area is 102 Å². The van der Waals surface area contributed by atoms with E-state index in [2.05, 4.69) is 12.2 Å². The fraction of sp³-hybridized carbons (Fsp3) is 0.571. The predicted molar refractivity (Wildman–Crippen MR) is 70.5 cm³/mol. The molecule has 17 heavy (non-hydrogen) atoms. The highest BCUT2D eigenvalue weighted by molar-refractivity contribution is 5.66. The average molecular weight is 236 g/mol. The van der Waals surface area contributed by atoms with Crippen LogP contribution in [0.5, 0.6) is 0 Å². The van der Waals surface area contributed by atoms with Crippen molar-refractivity contribution < 1.29 is 4.39 Å². The molecule has 0 aromatic heterocycles. The van der Waals surface area contributed by atoms with Gasteiger partial charge in [-0.05, 0) is 36.8 Å². The Morgan fingerprint density at radius 3 is 2.71 bits per heavy atom. The fourth-order valence-corrected chi connectivity index (χ4v) is 2.75. The SMILES string of the molecule is CCC1(CNc2cccc(F)c2N)CCCC1. The number of hydrogen-bond acceptors (Lipinski definition) is 2. The van der Waals surface area contributed by atoms with Crippen molar-refractivity contribution in [1.29, 1.82) is 0 Å². The minimum absolute atomic E-state index is 0.233. The zero-order valence-corrected chi connectivity index (χ0v) is 10.4. The van der Waals surface area contributed by atoms with Crippen molar-refractivity contribution >= 4 is 11.4 Å². The number of nitrogen functional groups attached to an aromatic ring is 1. The van der Waals surface area contributed by atoms with E-state index in [1.165, 1.54) is 38.2 Å². The molecule has 0 saturated heterocycles. The van der Waals surface area contributed by atoms with E-state index in [-0.39, 0.29) is 11.5 Å². The Kier molecular flexibility index (Phi) is 3.55. The Balaban J connectivity index is 2.04. The van der Waals surface area contributed by atoms with Crippen LogP contribution in [0.2, 0.25) is 0 Å². The molecule has 3 N–H and O–H groups in total. The molecule has 0 unspecified atom stereocenters. The van der Waals surface area contributed by atoms with Crippen molar-refractivity contribution in [1.82, 2.24) is 0 Å². The van der Waals surface area contributed by atoms with Gasteiger partial charge < -0.3 is 11.1 Å². The molecular weight excluding hydrogens is 215 g/mol. The third-order valence-electron chi connectivity index (χ3n) is 4.12. The standard InChI is InChI=1S/C14H21FN2/c1-2-14(8-3-4-9-14)10-17-12-7-5-6-11(15)13(12)16/h5-7,17H,2-4,8-10,16H2,1H3. The molecule has 3 heteroatoms. The van der Waals surface area contributed by atoms with Crippen LogP contribution in [0, 0.1) is 11.2 Å². The summed E-state index contributed by atoms with van der Waals surface area (Å²) < 4.78 is 13.3. The van der Waals surface area contributed by atoms with Crippen molar-refractivity contribution in [3.63, 3.8) is 0 Å². The van der Waals surface area contributed by atoms with Crippen molar-refractivity contribution in [2.45, 2.75) is 39.0 Å². The van der Waals surface area contributed by atoms with Gasteiger partial charge in [0.05, 0.1) is 11.4 Å². The molecule has 0 spiro atoms. The van der Waals surface area contributed by atoms with Gasteiger partial charge in [-0.3, -0.25) is 0 Å². The van der Waals surface area contributed by atoms with Gasteiger partial charge in [0.1, 0.15) is 5.82 Å². The van der Waals surface area contributed by atoms with E-state index >= 15 is 0 Å². The summed E-state index contributed by atoms with van der Waals surface area (Å²) in [6, 6.07) is 4.93. The smallest absolute Gasteiger partial charge is 0.148 e. The van der Waals surface area contributed by atoms with Gasteiger partial charge in [0, 0.05) is 6.54 Å². The lowest BCUT2D eigenvalue weighted by molar-refractivity contribution is 0.307. The number of benzene rings is 1. The van der Waals surface area contributed by atoms with E-state index in [0.717, 1.165) is 12.2 Å². The minimum Gasteiger partial charge on any atom is -0.395 e. The molecule has 1 aromatic rings. The van der Waals surface area contributed by atoms with Gasteiger partial charge in [-0.2, -0.15) is 0 Å². The molecule has 1 aromatic carbocycles. The van der Waals surface area contributed by atoms with E-state index in [0.29, 0.717) is 5.41 Å². The van der Waals surface area contributed by atoms with Crippen LogP contribution >= 0.6 is 0 Å². The number of halogens is 1. The van der Waals surface area contributed by atoms with Crippen molar-refractivity contribution in [3.05, 3.63) is 24.0 Å². The van der Waals surface area contributed by atoms with Crippen LogP contribution in [0.4, 0.5) is 15.8 Å². The average Bonchev–Trinajstić information content (AvgIpc) is 2.81. The van der Waals surface area contributed by atoms with Gasteiger partial charge in [-0.1, -0.05) is 25.8 Å². The summed E-state index contributed by atoms with van der Waals surface area (Å²) in [6.45, 7) is 3.14. The normalized spacial score (nSPS) is 18.2. The third-order valence-corrected chi connectivity index (χ3v) is 4.12. The monoisotopic (exact) mass is 236 g/mol. The summed E-state index contributed by atoms with van der Waals surface area (Å²) in [5.41, 5.74) is 7.06. The van der Waals surface area contributed by atoms with Crippen LogP contribution in [-0.4, -0.2) is 6.54 Å². The first-order chi connectivity index (χ1) is 8.17. The second-order valence-corrected chi connectivity index (χ2v) is 5.12. The molecule has 94 valence electrons. The number of rotatable bonds is 4. The number of nitrogens with two attached hydrogens (primary N) is 1. The summed E-state index contributed by atoms with van der Waals surface area (Å²) >= 11 is 0.